The molecule has 1 N–H and O–H groups in total. The molecule has 0 bridgehead atoms. The van der Waals surface area contributed by atoms with Crippen molar-refractivity contribution in [1.82, 2.24) is 15.5 Å². The van der Waals surface area contributed by atoms with Gasteiger partial charge in [-0.2, -0.15) is 4.98 Å². The zero-order valence-electron chi connectivity index (χ0n) is 12.8. The van der Waals surface area contributed by atoms with Gasteiger partial charge >= 0.3 is 0 Å². The predicted octanol–water partition coefficient (Wildman–Crippen LogP) is 3.74. The maximum absolute atomic E-state index is 5.70. The molecule has 1 unspecified atom stereocenters. The van der Waals surface area contributed by atoms with Crippen LogP contribution in [0.5, 0.6) is 0 Å². The van der Waals surface area contributed by atoms with Crippen LogP contribution in [-0.2, 0) is 5.41 Å². The molecule has 3 rings (SSSR count). The molecule has 4 heteroatoms. The molecule has 1 aromatic rings. The van der Waals surface area contributed by atoms with Crippen LogP contribution in [0.4, 0.5) is 0 Å². The number of nitrogens with one attached hydrogen (secondary N) is 1. The molecule has 4 nitrogen and oxygen atoms in total. The lowest BCUT2D eigenvalue weighted by molar-refractivity contribution is 0.242. The van der Waals surface area contributed by atoms with Crippen LogP contribution < -0.4 is 5.32 Å². The van der Waals surface area contributed by atoms with Gasteiger partial charge in [0, 0.05) is 5.41 Å². The smallest absolute Gasteiger partial charge is 0.232 e. The van der Waals surface area contributed by atoms with E-state index in [0.29, 0.717) is 12.0 Å². The molecule has 20 heavy (non-hydrogen) atoms. The Morgan fingerprint density at radius 3 is 2.70 bits per heavy atom. The Morgan fingerprint density at radius 2 is 2.05 bits per heavy atom. The van der Waals surface area contributed by atoms with E-state index < -0.39 is 0 Å². The second kappa shape index (κ2) is 5.84. The summed E-state index contributed by atoms with van der Waals surface area (Å²) < 4.78 is 5.70. The van der Waals surface area contributed by atoms with E-state index in [-0.39, 0.29) is 5.41 Å². The van der Waals surface area contributed by atoms with E-state index in [9.17, 15) is 0 Å². The van der Waals surface area contributed by atoms with Crippen LogP contribution in [0.2, 0.25) is 0 Å². The van der Waals surface area contributed by atoms with Crippen molar-refractivity contribution in [3.05, 3.63) is 11.7 Å². The Hall–Kier alpha value is -0.900. The van der Waals surface area contributed by atoms with Crippen LogP contribution in [0.15, 0.2) is 4.52 Å². The highest BCUT2D eigenvalue weighted by Crippen LogP contribution is 2.45. The first-order chi connectivity index (χ1) is 9.70. The first-order valence-electron chi connectivity index (χ1n) is 8.27. The van der Waals surface area contributed by atoms with Gasteiger partial charge < -0.3 is 9.84 Å². The highest BCUT2D eigenvalue weighted by molar-refractivity contribution is 5.10. The normalized spacial score (nSPS) is 26.2. The van der Waals surface area contributed by atoms with Gasteiger partial charge in [-0.15, -0.1) is 0 Å². The molecule has 112 valence electrons. The van der Waals surface area contributed by atoms with Crippen molar-refractivity contribution < 1.29 is 4.52 Å². The van der Waals surface area contributed by atoms with Crippen LogP contribution in [0.3, 0.4) is 0 Å². The largest absolute Gasteiger partial charge is 0.339 e. The van der Waals surface area contributed by atoms with E-state index in [4.69, 9.17) is 9.51 Å². The monoisotopic (exact) mass is 277 g/mol. The second-order valence-electron chi connectivity index (χ2n) is 7.05. The zero-order valence-corrected chi connectivity index (χ0v) is 12.8. The first-order valence-corrected chi connectivity index (χ1v) is 8.27. The molecular formula is C16H27N3O. The second-order valence-corrected chi connectivity index (χ2v) is 7.05. The summed E-state index contributed by atoms with van der Waals surface area (Å²) in [6.07, 6.45) is 9.86. The first kappa shape index (κ1) is 14.1. The Morgan fingerprint density at radius 1 is 1.25 bits per heavy atom. The maximum atomic E-state index is 5.70. The molecule has 2 heterocycles. The average Bonchev–Trinajstić information content (AvgIpc) is 3.08. The van der Waals surface area contributed by atoms with Gasteiger partial charge in [-0.05, 0) is 44.6 Å². The Balaban J connectivity index is 1.79. The minimum atomic E-state index is 0.161. The summed E-state index contributed by atoms with van der Waals surface area (Å²) in [4.78, 5) is 4.80. The lowest BCUT2D eigenvalue weighted by Gasteiger charge is -2.26. The van der Waals surface area contributed by atoms with Crippen molar-refractivity contribution in [1.29, 1.82) is 0 Å². The number of hydrogen-bond acceptors (Lipinski definition) is 4. The Labute approximate surface area is 121 Å². The molecule has 1 saturated heterocycles. The van der Waals surface area contributed by atoms with E-state index in [2.05, 4.69) is 24.3 Å². The van der Waals surface area contributed by atoms with E-state index in [1.807, 2.05) is 0 Å². The van der Waals surface area contributed by atoms with Gasteiger partial charge in [0.1, 0.15) is 0 Å². The molecule has 1 aliphatic heterocycles. The lowest BCUT2D eigenvalue weighted by atomic mass is 9.78. The van der Waals surface area contributed by atoms with Crippen molar-refractivity contribution in [3.8, 4) is 0 Å². The van der Waals surface area contributed by atoms with Crippen LogP contribution >= 0.6 is 0 Å². The molecule has 1 aliphatic carbocycles. The number of rotatable bonds is 4. The predicted molar refractivity (Wildman–Crippen MR) is 78.5 cm³/mol. The molecule has 1 atom stereocenters. The third-order valence-corrected chi connectivity index (χ3v) is 4.88. The van der Waals surface area contributed by atoms with Crippen molar-refractivity contribution >= 4 is 0 Å². The summed E-state index contributed by atoms with van der Waals surface area (Å²) in [7, 11) is 0. The average molecular weight is 277 g/mol. The standard InChI is InChI=1S/C16H27N3O/c1-12(2)11-16(8-4-5-9-16)15-18-14(19-20-15)13-7-3-6-10-17-13/h12-13,17H,3-11H2,1-2H3. The fraction of sp³-hybridized carbons (Fsp3) is 0.875. The number of piperidine rings is 1. The minimum Gasteiger partial charge on any atom is -0.339 e. The van der Waals surface area contributed by atoms with Crippen molar-refractivity contribution in [2.45, 2.75) is 76.7 Å². The van der Waals surface area contributed by atoms with Gasteiger partial charge in [0.2, 0.25) is 5.89 Å². The van der Waals surface area contributed by atoms with Gasteiger partial charge in [0.05, 0.1) is 6.04 Å². The van der Waals surface area contributed by atoms with Crippen molar-refractivity contribution in [2.75, 3.05) is 6.54 Å². The van der Waals surface area contributed by atoms with Crippen LogP contribution in [-0.4, -0.2) is 16.7 Å². The fourth-order valence-corrected chi connectivity index (χ4v) is 4.00. The van der Waals surface area contributed by atoms with Crippen LogP contribution in [0.1, 0.15) is 83.0 Å². The maximum Gasteiger partial charge on any atom is 0.232 e. The summed E-state index contributed by atoms with van der Waals surface area (Å²) in [6, 6.07) is 0.304. The number of aromatic nitrogens is 2. The molecule has 0 spiro atoms. The Bertz CT molecular complexity index is 429. The summed E-state index contributed by atoms with van der Waals surface area (Å²) >= 11 is 0. The summed E-state index contributed by atoms with van der Waals surface area (Å²) in [6.45, 7) is 5.66. The molecule has 0 radical (unpaired) electrons. The summed E-state index contributed by atoms with van der Waals surface area (Å²) in [5.41, 5.74) is 0.161. The molecular weight excluding hydrogens is 250 g/mol. The molecule has 1 saturated carbocycles. The highest BCUT2D eigenvalue weighted by atomic mass is 16.5. The van der Waals surface area contributed by atoms with Crippen LogP contribution in [0.25, 0.3) is 0 Å². The topological polar surface area (TPSA) is 51.0 Å². The number of nitrogens with zero attached hydrogens (tertiary/aromatic N) is 2. The van der Waals surface area contributed by atoms with Gasteiger partial charge in [-0.3, -0.25) is 0 Å². The highest BCUT2D eigenvalue weighted by Gasteiger charge is 2.41. The van der Waals surface area contributed by atoms with E-state index in [0.717, 1.165) is 24.7 Å². The quantitative estimate of drug-likeness (QED) is 0.910. The minimum absolute atomic E-state index is 0.161. The summed E-state index contributed by atoms with van der Waals surface area (Å²) in [5, 5.41) is 7.80. The molecule has 1 aromatic heterocycles. The van der Waals surface area contributed by atoms with Gasteiger partial charge in [-0.25, -0.2) is 0 Å². The van der Waals surface area contributed by atoms with E-state index >= 15 is 0 Å². The third kappa shape index (κ3) is 2.76. The molecule has 0 amide bonds. The molecule has 2 aliphatic rings. The number of hydrogen-bond donors (Lipinski definition) is 1. The lowest BCUT2D eigenvalue weighted by Crippen LogP contribution is -2.28. The molecule has 0 aromatic carbocycles. The van der Waals surface area contributed by atoms with E-state index in [1.165, 1.54) is 44.9 Å². The Kier molecular flexibility index (Phi) is 4.11. The SMILES string of the molecule is CC(C)CC1(c2nc(C3CCCCN3)no2)CCCC1. The molecule has 2 fully saturated rings. The van der Waals surface area contributed by atoms with Gasteiger partial charge in [0.25, 0.3) is 0 Å². The van der Waals surface area contributed by atoms with Gasteiger partial charge in [-0.1, -0.05) is 38.3 Å². The third-order valence-electron chi connectivity index (χ3n) is 4.88. The van der Waals surface area contributed by atoms with Crippen molar-refractivity contribution in [2.24, 2.45) is 5.92 Å². The summed E-state index contributed by atoms with van der Waals surface area (Å²) in [5.74, 6) is 2.47. The van der Waals surface area contributed by atoms with E-state index in [1.54, 1.807) is 0 Å². The van der Waals surface area contributed by atoms with Gasteiger partial charge in [0.15, 0.2) is 5.82 Å². The van der Waals surface area contributed by atoms with Crippen LogP contribution in [0, 0.1) is 5.92 Å². The zero-order chi connectivity index (χ0) is 14.0. The fourth-order valence-electron chi connectivity index (χ4n) is 4.00. The van der Waals surface area contributed by atoms with Crippen molar-refractivity contribution in [3.63, 3.8) is 0 Å².